The van der Waals surface area contributed by atoms with Crippen molar-refractivity contribution in [3.05, 3.63) is 95.6 Å². The standard InChI is InChI=1S/C25H28N2O3S/c1-19-14-15-23(16-20(19)2)27(31(29,30)24-12-8-5-9-13-24)18-25(28)26-17-21(3)22-10-6-4-7-11-22/h4-16,21H,17-18H2,1-3H3,(H,26,28)/t21-/m1/s1. The fraction of sp³-hybridized carbons (Fsp3) is 0.240. The van der Waals surface area contributed by atoms with E-state index < -0.39 is 10.0 Å². The minimum absolute atomic E-state index is 0.117. The quantitative estimate of drug-likeness (QED) is 0.568. The molecule has 0 unspecified atom stereocenters. The van der Waals surface area contributed by atoms with E-state index in [1.54, 1.807) is 42.5 Å². The molecule has 3 aromatic carbocycles. The lowest BCUT2D eigenvalue weighted by Crippen LogP contribution is -2.41. The summed E-state index contributed by atoms with van der Waals surface area (Å²) in [4.78, 5) is 12.9. The second-order valence-corrected chi connectivity index (χ2v) is 9.57. The van der Waals surface area contributed by atoms with E-state index in [0.29, 0.717) is 12.2 Å². The van der Waals surface area contributed by atoms with Crippen molar-refractivity contribution in [1.29, 1.82) is 0 Å². The Morgan fingerprint density at radius 2 is 1.52 bits per heavy atom. The third kappa shape index (κ3) is 5.52. The van der Waals surface area contributed by atoms with Crippen molar-refractivity contribution >= 4 is 21.6 Å². The zero-order valence-corrected chi connectivity index (χ0v) is 18.9. The molecule has 0 fully saturated rings. The van der Waals surface area contributed by atoms with Crippen molar-refractivity contribution in [3.8, 4) is 0 Å². The molecule has 0 aliphatic heterocycles. The van der Waals surface area contributed by atoms with Crippen molar-refractivity contribution in [1.82, 2.24) is 5.32 Å². The summed E-state index contributed by atoms with van der Waals surface area (Å²) in [6.07, 6.45) is 0. The molecule has 0 spiro atoms. The van der Waals surface area contributed by atoms with Crippen molar-refractivity contribution in [2.45, 2.75) is 31.6 Å². The summed E-state index contributed by atoms with van der Waals surface area (Å²) in [6.45, 7) is 6.05. The fourth-order valence-corrected chi connectivity index (χ4v) is 4.70. The SMILES string of the molecule is Cc1ccc(N(CC(=O)NC[C@@H](C)c2ccccc2)S(=O)(=O)c2ccccc2)cc1C. The Morgan fingerprint density at radius 3 is 2.13 bits per heavy atom. The number of nitrogens with one attached hydrogen (secondary N) is 1. The number of hydrogen-bond donors (Lipinski definition) is 1. The summed E-state index contributed by atoms with van der Waals surface area (Å²) in [7, 11) is -3.90. The van der Waals surface area contributed by atoms with Gasteiger partial charge in [-0.1, -0.05) is 61.5 Å². The molecule has 5 nitrogen and oxygen atoms in total. The molecule has 0 radical (unpaired) electrons. The highest BCUT2D eigenvalue weighted by Gasteiger charge is 2.27. The van der Waals surface area contributed by atoms with Crippen LogP contribution in [0, 0.1) is 13.8 Å². The number of sulfonamides is 1. The van der Waals surface area contributed by atoms with Crippen LogP contribution in [0.15, 0.2) is 83.8 Å². The van der Waals surface area contributed by atoms with Crippen molar-refractivity contribution in [2.75, 3.05) is 17.4 Å². The van der Waals surface area contributed by atoms with Crippen LogP contribution in [0.25, 0.3) is 0 Å². The normalized spacial score (nSPS) is 12.2. The van der Waals surface area contributed by atoms with Gasteiger partial charge in [-0.25, -0.2) is 8.42 Å². The van der Waals surface area contributed by atoms with Crippen LogP contribution in [0.1, 0.15) is 29.5 Å². The Kier molecular flexibility index (Phi) is 7.13. The third-order valence-corrected chi connectivity index (χ3v) is 7.16. The molecule has 0 heterocycles. The van der Waals surface area contributed by atoms with Gasteiger partial charge >= 0.3 is 0 Å². The number of nitrogens with zero attached hydrogens (tertiary/aromatic N) is 1. The lowest BCUT2D eigenvalue weighted by molar-refractivity contribution is -0.119. The number of hydrogen-bond acceptors (Lipinski definition) is 3. The maximum absolute atomic E-state index is 13.4. The van der Waals surface area contributed by atoms with Gasteiger partial charge in [0.25, 0.3) is 10.0 Å². The van der Waals surface area contributed by atoms with Crippen LogP contribution >= 0.6 is 0 Å². The highest BCUT2D eigenvalue weighted by Crippen LogP contribution is 2.25. The van der Waals surface area contributed by atoms with Crippen LogP contribution in [0.5, 0.6) is 0 Å². The minimum Gasteiger partial charge on any atom is -0.354 e. The van der Waals surface area contributed by atoms with Gasteiger partial charge in [-0.15, -0.1) is 0 Å². The molecule has 0 bridgehead atoms. The van der Waals surface area contributed by atoms with Crippen LogP contribution in [0.3, 0.4) is 0 Å². The number of benzene rings is 3. The molecule has 6 heteroatoms. The molecule has 162 valence electrons. The predicted molar refractivity (Wildman–Crippen MR) is 125 cm³/mol. The van der Waals surface area contributed by atoms with Gasteiger partial charge in [-0.3, -0.25) is 9.10 Å². The number of carbonyl (C=O) groups excluding carboxylic acids is 1. The molecule has 0 aliphatic carbocycles. The first kappa shape index (κ1) is 22.6. The van der Waals surface area contributed by atoms with E-state index in [9.17, 15) is 13.2 Å². The van der Waals surface area contributed by atoms with Gasteiger partial charge in [0.1, 0.15) is 6.54 Å². The monoisotopic (exact) mass is 436 g/mol. The minimum atomic E-state index is -3.90. The summed E-state index contributed by atoms with van der Waals surface area (Å²) in [5.41, 5.74) is 3.61. The van der Waals surface area contributed by atoms with E-state index in [1.807, 2.05) is 57.2 Å². The van der Waals surface area contributed by atoms with Gasteiger partial charge in [0, 0.05) is 6.54 Å². The molecule has 31 heavy (non-hydrogen) atoms. The van der Waals surface area contributed by atoms with Crippen molar-refractivity contribution in [3.63, 3.8) is 0 Å². The number of carbonyl (C=O) groups is 1. The van der Waals surface area contributed by atoms with Gasteiger partial charge in [0.05, 0.1) is 10.6 Å². The molecule has 0 aromatic heterocycles. The predicted octanol–water partition coefficient (Wildman–Crippen LogP) is 4.42. The smallest absolute Gasteiger partial charge is 0.264 e. The van der Waals surface area contributed by atoms with E-state index >= 15 is 0 Å². The summed E-state index contributed by atoms with van der Waals surface area (Å²) in [5, 5.41) is 2.89. The maximum Gasteiger partial charge on any atom is 0.264 e. The Hall–Kier alpha value is -3.12. The fourth-order valence-electron chi connectivity index (χ4n) is 3.27. The van der Waals surface area contributed by atoms with Crippen LogP contribution in [-0.2, 0) is 14.8 Å². The van der Waals surface area contributed by atoms with Crippen LogP contribution in [0.2, 0.25) is 0 Å². The number of aryl methyl sites for hydroxylation is 2. The van der Waals surface area contributed by atoms with E-state index in [2.05, 4.69) is 5.32 Å². The second-order valence-electron chi connectivity index (χ2n) is 7.71. The highest BCUT2D eigenvalue weighted by atomic mass is 32.2. The number of amides is 1. The lowest BCUT2D eigenvalue weighted by Gasteiger charge is -2.25. The van der Waals surface area contributed by atoms with Crippen LogP contribution in [-0.4, -0.2) is 27.4 Å². The van der Waals surface area contributed by atoms with Crippen LogP contribution in [0.4, 0.5) is 5.69 Å². The van der Waals surface area contributed by atoms with Gasteiger partial charge in [0.15, 0.2) is 0 Å². The van der Waals surface area contributed by atoms with E-state index in [4.69, 9.17) is 0 Å². The van der Waals surface area contributed by atoms with Crippen molar-refractivity contribution < 1.29 is 13.2 Å². The second kappa shape index (κ2) is 9.79. The Bertz CT molecular complexity index is 1130. The summed E-state index contributed by atoms with van der Waals surface area (Å²) in [5.74, 6) is -0.230. The first-order valence-electron chi connectivity index (χ1n) is 10.3. The zero-order chi connectivity index (χ0) is 22.4. The Balaban J connectivity index is 1.83. The Labute approximate surface area is 184 Å². The lowest BCUT2D eigenvalue weighted by atomic mass is 10.0. The summed E-state index contributed by atoms with van der Waals surface area (Å²) < 4.78 is 27.9. The molecule has 1 atom stereocenters. The average Bonchev–Trinajstić information content (AvgIpc) is 2.79. The third-order valence-electron chi connectivity index (χ3n) is 5.37. The largest absolute Gasteiger partial charge is 0.354 e. The van der Waals surface area contributed by atoms with E-state index in [0.717, 1.165) is 16.7 Å². The molecular weight excluding hydrogens is 408 g/mol. The molecule has 0 saturated carbocycles. The van der Waals surface area contributed by atoms with Gasteiger partial charge < -0.3 is 5.32 Å². The average molecular weight is 437 g/mol. The summed E-state index contributed by atoms with van der Waals surface area (Å²) >= 11 is 0. The molecule has 0 saturated heterocycles. The van der Waals surface area contributed by atoms with E-state index in [1.165, 1.54) is 4.31 Å². The van der Waals surface area contributed by atoms with Gasteiger partial charge in [-0.05, 0) is 60.7 Å². The first-order valence-corrected chi connectivity index (χ1v) is 11.7. The molecule has 0 aliphatic rings. The van der Waals surface area contributed by atoms with Gasteiger partial charge in [-0.2, -0.15) is 0 Å². The molecular formula is C25H28N2O3S. The number of anilines is 1. The summed E-state index contributed by atoms with van der Waals surface area (Å²) in [6, 6.07) is 23.5. The topological polar surface area (TPSA) is 66.5 Å². The van der Waals surface area contributed by atoms with Crippen LogP contribution < -0.4 is 9.62 Å². The van der Waals surface area contributed by atoms with Gasteiger partial charge in [0.2, 0.25) is 5.91 Å². The van der Waals surface area contributed by atoms with E-state index in [-0.39, 0.29) is 23.3 Å². The highest BCUT2D eigenvalue weighted by molar-refractivity contribution is 7.92. The number of rotatable bonds is 8. The molecule has 1 N–H and O–H groups in total. The first-order chi connectivity index (χ1) is 14.8. The van der Waals surface area contributed by atoms with Crippen molar-refractivity contribution in [2.24, 2.45) is 0 Å². The maximum atomic E-state index is 13.4. The molecule has 1 amide bonds. The Morgan fingerprint density at radius 1 is 0.903 bits per heavy atom. The molecule has 3 aromatic rings. The zero-order valence-electron chi connectivity index (χ0n) is 18.1. The molecule has 3 rings (SSSR count).